The molecule has 0 N–H and O–H groups in total. The molecule has 3 atom stereocenters. The van der Waals surface area contributed by atoms with Crippen molar-refractivity contribution in [3.63, 3.8) is 0 Å². The van der Waals surface area contributed by atoms with Crippen LogP contribution in [0.25, 0.3) is 0 Å². The number of hydrogen-bond donors (Lipinski definition) is 0. The number of esters is 1. The lowest BCUT2D eigenvalue weighted by atomic mass is 10.1. The third-order valence-corrected chi connectivity index (χ3v) is 3.59. The second-order valence-corrected chi connectivity index (χ2v) is 4.81. The molecule has 1 fully saturated rings. The van der Waals surface area contributed by atoms with Gasteiger partial charge in [-0.3, -0.25) is 0 Å². The van der Waals surface area contributed by atoms with E-state index in [1.54, 1.807) is 12.1 Å². The molecule has 92 valence electrons. The first-order valence-electron chi connectivity index (χ1n) is 5.68. The highest BCUT2D eigenvalue weighted by molar-refractivity contribution is 9.09. The minimum atomic E-state index is -0.277. The van der Waals surface area contributed by atoms with Gasteiger partial charge in [-0.15, -0.1) is 0 Å². The van der Waals surface area contributed by atoms with Crippen LogP contribution < -0.4 is 0 Å². The molecule has 0 bridgehead atoms. The fourth-order valence-corrected chi connectivity index (χ4v) is 2.34. The molecule has 0 amide bonds. The average Bonchev–Trinajstić information content (AvgIpc) is 2.71. The maximum absolute atomic E-state index is 11.9. The van der Waals surface area contributed by atoms with Gasteiger partial charge in [-0.1, -0.05) is 34.1 Å². The molecule has 1 aliphatic rings. The predicted octanol–water partition coefficient (Wildman–Crippen LogP) is 2.78. The van der Waals surface area contributed by atoms with Crippen molar-refractivity contribution in [3.8, 4) is 0 Å². The van der Waals surface area contributed by atoms with Gasteiger partial charge in [0.15, 0.2) is 0 Å². The summed E-state index contributed by atoms with van der Waals surface area (Å²) < 4.78 is 11.1. The molecular formula is C13H15BrO3. The molecule has 0 spiro atoms. The van der Waals surface area contributed by atoms with Crippen LogP contribution >= 0.6 is 15.9 Å². The summed E-state index contributed by atoms with van der Waals surface area (Å²) in [6, 6.07) is 9.04. The van der Waals surface area contributed by atoms with Crippen LogP contribution in [0.15, 0.2) is 30.3 Å². The fourth-order valence-electron chi connectivity index (χ4n) is 1.92. The summed E-state index contributed by atoms with van der Waals surface area (Å²) in [7, 11) is 0. The Hall–Kier alpha value is -0.870. The molecular weight excluding hydrogens is 284 g/mol. The lowest BCUT2D eigenvalue weighted by molar-refractivity contribution is -0.000699. The number of halogens is 1. The Morgan fingerprint density at radius 1 is 1.47 bits per heavy atom. The van der Waals surface area contributed by atoms with Crippen LogP contribution in [0.2, 0.25) is 0 Å². The summed E-state index contributed by atoms with van der Waals surface area (Å²) >= 11 is 3.38. The monoisotopic (exact) mass is 298 g/mol. The first-order chi connectivity index (χ1) is 8.20. The molecule has 1 aliphatic heterocycles. The SMILES string of the molecule is C[C@H]1O[C@@H](CBr)C[C@@H]1OC(=O)c1ccccc1. The number of hydrogen-bond acceptors (Lipinski definition) is 3. The van der Waals surface area contributed by atoms with Crippen molar-refractivity contribution < 1.29 is 14.3 Å². The van der Waals surface area contributed by atoms with Crippen molar-refractivity contribution in [1.82, 2.24) is 0 Å². The summed E-state index contributed by atoms with van der Waals surface area (Å²) in [4.78, 5) is 11.9. The van der Waals surface area contributed by atoms with Gasteiger partial charge in [-0.25, -0.2) is 4.79 Å². The Morgan fingerprint density at radius 3 is 2.76 bits per heavy atom. The number of benzene rings is 1. The van der Waals surface area contributed by atoms with Crippen molar-refractivity contribution in [3.05, 3.63) is 35.9 Å². The van der Waals surface area contributed by atoms with Gasteiger partial charge >= 0.3 is 5.97 Å². The molecule has 0 aliphatic carbocycles. The van der Waals surface area contributed by atoms with Gasteiger partial charge in [0.05, 0.1) is 17.8 Å². The zero-order chi connectivity index (χ0) is 12.3. The van der Waals surface area contributed by atoms with E-state index in [-0.39, 0.29) is 24.3 Å². The van der Waals surface area contributed by atoms with Gasteiger partial charge in [-0.2, -0.15) is 0 Å². The van der Waals surface area contributed by atoms with E-state index < -0.39 is 0 Å². The van der Waals surface area contributed by atoms with Gasteiger partial charge in [0, 0.05) is 11.8 Å². The second kappa shape index (κ2) is 5.65. The zero-order valence-electron chi connectivity index (χ0n) is 9.64. The Balaban J connectivity index is 1.96. The van der Waals surface area contributed by atoms with E-state index in [0.29, 0.717) is 5.56 Å². The summed E-state index contributed by atoms with van der Waals surface area (Å²) in [6.07, 6.45) is 0.708. The van der Waals surface area contributed by atoms with E-state index in [0.717, 1.165) is 11.8 Å². The van der Waals surface area contributed by atoms with Crippen molar-refractivity contribution in [2.24, 2.45) is 0 Å². The maximum Gasteiger partial charge on any atom is 0.338 e. The normalized spacial score (nSPS) is 28.0. The number of carbonyl (C=O) groups excluding carboxylic acids is 1. The smallest absolute Gasteiger partial charge is 0.338 e. The molecule has 3 nitrogen and oxygen atoms in total. The molecule has 1 heterocycles. The molecule has 1 aromatic carbocycles. The van der Waals surface area contributed by atoms with Crippen LogP contribution in [0.4, 0.5) is 0 Å². The van der Waals surface area contributed by atoms with E-state index >= 15 is 0 Å². The molecule has 1 saturated heterocycles. The molecule has 17 heavy (non-hydrogen) atoms. The Bertz CT molecular complexity index is 380. The summed E-state index contributed by atoms with van der Waals surface area (Å²) in [6.45, 7) is 1.94. The van der Waals surface area contributed by atoms with Crippen LogP contribution in [0.3, 0.4) is 0 Å². The third-order valence-electron chi connectivity index (χ3n) is 2.87. The standard InChI is InChI=1S/C13H15BrO3/c1-9-12(7-11(8-14)16-9)17-13(15)10-5-3-2-4-6-10/h2-6,9,11-12H,7-8H2,1H3/t9-,11-,12+/m1/s1. The zero-order valence-corrected chi connectivity index (χ0v) is 11.2. The molecule has 2 rings (SSSR count). The van der Waals surface area contributed by atoms with E-state index in [1.807, 2.05) is 25.1 Å². The predicted molar refractivity (Wildman–Crippen MR) is 68.4 cm³/mol. The highest BCUT2D eigenvalue weighted by Gasteiger charge is 2.34. The summed E-state index contributed by atoms with van der Waals surface area (Å²) in [5, 5.41) is 0.775. The first-order valence-corrected chi connectivity index (χ1v) is 6.80. The van der Waals surface area contributed by atoms with Crippen molar-refractivity contribution >= 4 is 21.9 Å². The largest absolute Gasteiger partial charge is 0.456 e. The van der Waals surface area contributed by atoms with Gasteiger partial charge in [-0.05, 0) is 19.1 Å². The minimum absolute atomic E-state index is 0.0368. The van der Waals surface area contributed by atoms with Gasteiger partial charge < -0.3 is 9.47 Å². The Labute approximate surface area is 109 Å². The first kappa shape index (κ1) is 12.6. The molecule has 1 aromatic rings. The van der Waals surface area contributed by atoms with Crippen LogP contribution in [0.1, 0.15) is 23.7 Å². The molecule has 0 saturated carbocycles. The Morgan fingerprint density at radius 2 is 2.18 bits per heavy atom. The number of ether oxygens (including phenoxy) is 2. The summed E-state index contributed by atoms with van der Waals surface area (Å²) in [5.41, 5.74) is 0.585. The molecule has 0 aromatic heterocycles. The summed E-state index contributed by atoms with van der Waals surface area (Å²) in [5.74, 6) is -0.277. The lowest BCUT2D eigenvalue weighted by Crippen LogP contribution is -2.24. The lowest BCUT2D eigenvalue weighted by Gasteiger charge is -2.14. The highest BCUT2D eigenvalue weighted by atomic mass is 79.9. The maximum atomic E-state index is 11.9. The van der Waals surface area contributed by atoms with Crippen LogP contribution in [-0.2, 0) is 9.47 Å². The quantitative estimate of drug-likeness (QED) is 0.636. The number of carbonyl (C=O) groups is 1. The van der Waals surface area contributed by atoms with Crippen molar-refractivity contribution in [1.29, 1.82) is 0 Å². The van der Waals surface area contributed by atoms with Gasteiger partial charge in [0.25, 0.3) is 0 Å². The molecule has 4 heteroatoms. The average molecular weight is 299 g/mol. The van der Waals surface area contributed by atoms with Crippen molar-refractivity contribution in [2.45, 2.75) is 31.7 Å². The van der Waals surface area contributed by atoms with E-state index in [2.05, 4.69) is 15.9 Å². The van der Waals surface area contributed by atoms with Gasteiger partial charge in [0.2, 0.25) is 0 Å². The van der Waals surface area contributed by atoms with Crippen molar-refractivity contribution in [2.75, 3.05) is 5.33 Å². The third kappa shape index (κ3) is 3.07. The number of rotatable bonds is 3. The molecule has 0 unspecified atom stereocenters. The van der Waals surface area contributed by atoms with E-state index in [4.69, 9.17) is 9.47 Å². The van der Waals surface area contributed by atoms with E-state index in [1.165, 1.54) is 0 Å². The van der Waals surface area contributed by atoms with Crippen LogP contribution in [0, 0.1) is 0 Å². The van der Waals surface area contributed by atoms with Gasteiger partial charge in [0.1, 0.15) is 6.10 Å². The highest BCUT2D eigenvalue weighted by Crippen LogP contribution is 2.25. The topological polar surface area (TPSA) is 35.5 Å². The Kier molecular flexibility index (Phi) is 4.18. The molecule has 0 radical (unpaired) electrons. The number of alkyl halides is 1. The minimum Gasteiger partial charge on any atom is -0.456 e. The van der Waals surface area contributed by atoms with Crippen LogP contribution in [0.5, 0.6) is 0 Å². The van der Waals surface area contributed by atoms with E-state index in [9.17, 15) is 4.79 Å². The fraction of sp³-hybridized carbons (Fsp3) is 0.462. The second-order valence-electron chi connectivity index (χ2n) is 4.16. The van der Waals surface area contributed by atoms with Crippen LogP contribution in [-0.4, -0.2) is 29.6 Å².